The van der Waals surface area contributed by atoms with Gasteiger partial charge in [-0.3, -0.25) is 9.59 Å². The first-order valence-electron chi connectivity index (χ1n) is 6.51. The zero-order chi connectivity index (χ0) is 16.2. The van der Waals surface area contributed by atoms with E-state index in [0.717, 1.165) is 11.4 Å². The zero-order valence-corrected chi connectivity index (χ0v) is 14.7. The van der Waals surface area contributed by atoms with E-state index in [9.17, 15) is 9.59 Å². The third-order valence-electron chi connectivity index (χ3n) is 2.38. The number of nitrogens with one attached hydrogen (secondary N) is 2. The Kier molecular flexibility index (Phi) is 12.3. The summed E-state index contributed by atoms with van der Waals surface area (Å²) in [6, 6.07) is 18.5. The third kappa shape index (κ3) is 10.1. The Balaban J connectivity index is 0.000000403. The van der Waals surface area contributed by atoms with Gasteiger partial charge in [0.1, 0.15) is 0 Å². The molecule has 0 aliphatic carbocycles. The summed E-state index contributed by atoms with van der Waals surface area (Å²) in [5.41, 5.74) is 1.59. The summed E-state index contributed by atoms with van der Waals surface area (Å²) in [6.07, 6.45) is 0. The number of carbonyl (C=O) groups is 2. The van der Waals surface area contributed by atoms with Crippen LogP contribution in [0, 0.1) is 0 Å². The zero-order valence-electron chi connectivity index (χ0n) is 12.1. The molecule has 0 fully saturated rings. The second-order valence-electron chi connectivity index (χ2n) is 4.12. The first-order valence-corrected chi connectivity index (χ1v) is 7.67. The van der Waals surface area contributed by atoms with Gasteiger partial charge in [0, 0.05) is 11.4 Å². The molecule has 2 amide bonds. The fourth-order valence-electron chi connectivity index (χ4n) is 1.44. The number of benzene rings is 2. The van der Waals surface area contributed by atoms with Crippen molar-refractivity contribution in [1.82, 2.24) is 0 Å². The van der Waals surface area contributed by atoms with Crippen LogP contribution < -0.4 is 10.6 Å². The van der Waals surface area contributed by atoms with Gasteiger partial charge in [0.05, 0.1) is 0 Å². The maximum Gasteiger partial charge on any atom is 2.00 e. The molecule has 0 aliphatic rings. The monoisotopic (exact) mass is 395 g/mol. The number of hydrogen-bond acceptors (Lipinski definition) is 4. The Labute approximate surface area is 157 Å². The maximum absolute atomic E-state index is 10.8. The smallest absolute Gasteiger partial charge is 0.783 e. The minimum Gasteiger partial charge on any atom is -0.783 e. The Morgan fingerprint density at radius 3 is 1.26 bits per heavy atom. The average Bonchev–Trinajstić information content (AvgIpc) is 2.57. The summed E-state index contributed by atoms with van der Waals surface area (Å²) in [6.45, 7) is 0. The molecular weight excluding hydrogens is 380 g/mol. The molecule has 2 aromatic rings. The van der Waals surface area contributed by atoms with Crippen LogP contribution in [-0.4, -0.2) is 23.3 Å². The van der Waals surface area contributed by atoms with Gasteiger partial charge in [-0.1, -0.05) is 47.9 Å². The van der Waals surface area contributed by atoms with Gasteiger partial charge in [-0.25, -0.2) is 0 Å². The predicted octanol–water partition coefficient (Wildman–Crippen LogP) is 2.34. The SMILES string of the molecule is O=C(C[S-])Nc1ccccc1.O=C(C[S-])Nc1ccccc1.[Cu+2]. The number of anilines is 2. The summed E-state index contributed by atoms with van der Waals surface area (Å²) in [4.78, 5) is 21.5. The maximum atomic E-state index is 10.8. The van der Waals surface area contributed by atoms with Crippen LogP contribution in [0.4, 0.5) is 11.4 Å². The number of amides is 2. The molecule has 2 rings (SSSR count). The molecular formula is C16H16CuN2O2S2. The fourth-order valence-corrected chi connectivity index (χ4v) is 1.58. The molecule has 23 heavy (non-hydrogen) atoms. The van der Waals surface area contributed by atoms with Crippen molar-refractivity contribution in [2.75, 3.05) is 22.1 Å². The summed E-state index contributed by atoms with van der Waals surface area (Å²) in [5, 5.41) is 5.30. The molecule has 0 saturated carbocycles. The molecule has 0 atom stereocenters. The van der Waals surface area contributed by atoms with Crippen LogP contribution in [0.2, 0.25) is 0 Å². The topological polar surface area (TPSA) is 58.2 Å². The van der Waals surface area contributed by atoms with E-state index in [1.54, 1.807) is 0 Å². The van der Waals surface area contributed by atoms with Gasteiger partial charge in [0.25, 0.3) is 0 Å². The first-order chi connectivity index (χ1) is 10.7. The number of para-hydroxylation sites is 2. The summed E-state index contributed by atoms with van der Waals surface area (Å²) >= 11 is 9.12. The first kappa shape index (κ1) is 21.6. The van der Waals surface area contributed by atoms with Crippen molar-refractivity contribution in [3.05, 3.63) is 60.7 Å². The van der Waals surface area contributed by atoms with E-state index < -0.39 is 0 Å². The predicted molar refractivity (Wildman–Crippen MR) is 94.6 cm³/mol. The van der Waals surface area contributed by atoms with Crippen molar-refractivity contribution < 1.29 is 26.7 Å². The van der Waals surface area contributed by atoms with Gasteiger partial charge in [-0.2, -0.15) is 0 Å². The second-order valence-corrected chi connectivity index (χ2v) is 4.69. The van der Waals surface area contributed by atoms with Gasteiger partial charge in [0.15, 0.2) is 11.8 Å². The normalized spacial score (nSPS) is 8.78. The average molecular weight is 396 g/mol. The van der Waals surface area contributed by atoms with Crippen molar-refractivity contribution in [3.63, 3.8) is 0 Å². The summed E-state index contributed by atoms with van der Waals surface area (Å²) < 4.78 is 0. The van der Waals surface area contributed by atoms with E-state index >= 15 is 0 Å². The molecule has 125 valence electrons. The van der Waals surface area contributed by atoms with Crippen LogP contribution in [0.25, 0.3) is 0 Å². The van der Waals surface area contributed by atoms with E-state index in [1.807, 2.05) is 60.7 Å². The number of carbonyl (C=O) groups excluding carboxylic acids is 2. The van der Waals surface area contributed by atoms with Gasteiger partial charge >= 0.3 is 17.1 Å². The number of hydrogen-bond donors (Lipinski definition) is 2. The van der Waals surface area contributed by atoms with E-state index in [-0.39, 0.29) is 40.4 Å². The molecule has 7 heteroatoms. The molecule has 0 saturated heterocycles. The van der Waals surface area contributed by atoms with Crippen LogP contribution in [0.5, 0.6) is 0 Å². The Morgan fingerprint density at radius 2 is 1.00 bits per heavy atom. The van der Waals surface area contributed by atoms with Crippen LogP contribution >= 0.6 is 0 Å². The minimum absolute atomic E-state index is 0. The van der Waals surface area contributed by atoms with E-state index in [1.165, 1.54) is 0 Å². The third-order valence-corrected chi connectivity index (χ3v) is 2.90. The molecule has 0 aliphatic heterocycles. The van der Waals surface area contributed by atoms with Crippen LogP contribution in [-0.2, 0) is 51.9 Å². The standard InChI is InChI=1S/2C8H9NOS.Cu/c2*10-8(6-11)9-7-4-2-1-3-5-7;/h2*1-5,11H,6H2,(H,9,10);/q;;+2/p-2. The molecule has 2 aromatic carbocycles. The molecule has 0 heterocycles. The van der Waals surface area contributed by atoms with Gasteiger partial charge in [-0.05, 0) is 24.3 Å². The van der Waals surface area contributed by atoms with Crippen molar-refractivity contribution in [2.24, 2.45) is 0 Å². The van der Waals surface area contributed by atoms with Crippen LogP contribution in [0.3, 0.4) is 0 Å². The van der Waals surface area contributed by atoms with Gasteiger partial charge in [0.2, 0.25) is 0 Å². The molecule has 1 radical (unpaired) electrons. The molecule has 0 bridgehead atoms. The van der Waals surface area contributed by atoms with Gasteiger partial charge in [-0.15, -0.1) is 0 Å². The Morgan fingerprint density at radius 1 is 0.696 bits per heavy atom. The van der Waals surface area contributed by atoms with Crippen molar-refractivity contribution in [1.29, 1.82) is 0 Å². The Bertz CT molecular complexity index is 530. The molecule has 0 unspecified atom stereocenters. The molecule has 2 N–H and O–H groups in total. The van der Waals surface area contributed by atoms with E-state index in [4.69, 9.17) is 0 Å². The minimum atomic E-state index is -0.133. The summed E-state index contributed by atoms with van der Waals surface area (Å²) in [5.74, 6) is -0.0542. The van der Waals surface area contributed by atoms with Crippen molar-refractivity contribution in [3.8, 4) is 0 Å². The summed E-state index contributed by atoms with van der Waals surface area (Å²) in [7, 11) is 0. The fraction of sp³-hybridized carbons (Fsp3) is 0.125. The quantitative estimate of drug-likeness (QED) is 0.616. The van der Waals surface area contributed by atoms with Gasteiger partial charge < -0.3 is 35.9 Å². The number of rotatable bonds is 4. The molecule has 0 spiro atoms. The Hall–Kier alpha value is -1.40. The van der Waals surface area contributed by atoms with Crippen LogP contribution in [0.1, 0.15) is 0 Å². The largest absolute Gasteiger partial charge is 2.00 e. The van der Waals surface area contributed by atoms with E-state index in [0.29, 0.717) is 0 Å². The molecule has 0 aromatic heterocycles. The second kappa shape index (κ2) is 13.1. The van der Waals surface area contributed by atoms with Crippen molar-refractivity contribution >= 4 is 48.4 Å². The molecule has 4 nitrogen and oxygen atoms in total. The van der Waals surface area contributed by atoms with Crippen molar-refractivity contribution in [2.45, 2.75) is 0 Å². The van der Waals surface area contributed by atoms with E-state index in [2.05, 4.69) is 35.9 Å². The van der Waals surface area contributed by atoms with Crippen LogP contribution in [0.15, 0.2) is 60.7 Å².